The van der Waals surface area contributed by atoms with Crippen LogP contribution in [-0.2, 0) is 14.3 Å². The quantitative estimate of drug-likeness (QED) is 0.567. The average Bonchev–Trinajstić information content (AvgIpc) is 2.22. The largest absolute Gasteiger partial charge is 0.469 e. The smallest absolute Gasteiger partial charge is 0.305 e. The molecule has 3 heteroatoms. The molecule has 0 radical (unpaired) electrons. The molecular formula is C11H22O3. The van der Waals surface area contributed by atoms with Crippen LogP contribution in [0.25, 0.3) is 0 Å². The van der Waals surface area contributed by atoms with Crippen LogP contribution in [0.2, 0.25) is 0 Å². The summed E-state index contributed by atoms with van der Waals surface area (Å²) in [5, 5.41) is 0. The minimum Gasteiger partial charge on any atom is -0.469 e. The molecule has 0 aliphatic carbocycles. The lowest BCUT2D eigenvalue weighted by molar-refractivity contribution is -0.140. The molecule has 0 spiro atoms. The molecule has 0 aromatic rings. The van der Waals surface area contributed by atoms with Crippen LogP contribution in [0.15, 0.2) is 0 Å². The highest BCUT2D eigenvalue weighted by molar-refractivity contribution is 5.68. The van der Waals surface area contributed by atoms with Crippen molar-refractivity contribution in [3.63, 3.8) is 0 Å². The normalized spacial score (nSPS) is 12.5. The summed E-state index contributed by atoms with van der Waals surface area (Å²) in [6.45, 7) is 3.00. The van der Waals surface area contributed by atoms with E-state index in [1.54, 1.807) is 7.11 Å². The fourth-order valence-electron chi connectivity index (χ4n) is 1.47. The van der Waals surface area contributed by atoms with Crippen molar-refractivity contribution in [1.82, 2.24) is 0 Å². The van der Waals surface area contributed by atoms with Crippen molar-refractivity contribution < 1.29 is 14.3 Å². The van der Waals surface area contributed by atoms with Gasteiger partial charge < -0.3 is 9.47 Å². The maximum absolute atomic E-state index is 10.8. The van der Waals surface area contributed by atoms with Crippen LogP contribution in [0.5, 0.6) is 0 Å². The summed E-state index contributed by atoms with van der Waals surface area (Å²) in [7, 11) is 3.16. The van der Waals surface area contributed by atoms with Crippen LogP contribution in [0.1, 0.15) is 39.0 Å². The predicted octanol–water partition coefficient (Wildman–Crippen LogP) is 2.39. The van der Waals surface area contributed by atoms with E-state index in [-0.39, 0.29) is 5.97 Å². The van der Waals surface area contributed by atoms with Gasteiger partial charge in [-0.2, -0.15) is 0 Å². The Morgan fingerprint density at radius 3 is 2.50 bits per heavy atom. The first-order valence-corrected chi connectivity index (χ1v) is 5.30. The second-order valence-electron chi connectivity index (χ2n) is 3.52. The molecule has 0 heterocycles. The van der Waals surface area contributed by atoms with Crippen LogP contribution >= 0.6 is 0 Å². The molecule has 0 rings (SSSR count). The molecule has 84 valence electrons. The van der Waals surface area contributed by atoms with Crippen LogP contribution in [0.3, 0.4) is 0 Å². The van der Waals surface area contributed by atoms with Gasteiger partial charge in [-0.1, -0.05) is 13.3 Å². The zero-order valence-electron chi connectivity index (χ0n) is 9.54. The second-order valence-corrected chi connectivity index (χ2v) is 3.52. The van der Waals surface area contributed by atoms with E-state index in [4.69, 9.17) is 4.74 Å². The van der Waals surface area contributed by atoms with E-state index in [1.165, 1.54) is 7.11 Å². The van der Waals surface area contributed by atoms with E-state index in [2.05, 4.69) is 11.7 Å². The van der Waals surface area contributed by atoms with Crippen molar-refractivity contribution in [2.45, 2.75) is 39.0 Å². The molecule has 14 heavy (non-hydrogen) atoms. The third-order valence-corrected chi connectivity index (χ3v) is 2.53. The van der Waals surface area contributed by atoms with Crippen molar-refractivity contribution in [1.29, 1.82) is 0 Å². The van der Waals surface area contributed by atoms with E-state index in [0.717, 1.165) is 32.3 Å². The number of rotatable bonds is 8. The van der Waals surface area contributed by atoms with Crippen LogP contribution in [0.4, 0.5) is 0 Å². The fourth-order valence-corrected chi connectivity index (χ4v) is 1.47. The predicted molar refractivity (Wildman–Crippen MR) is 56.1 cm³/mol. The van der Waals surface area contributed by atoms with Gasteiger partial charge in [0.25, 0.3) is 0 Å². The van der Waals surface area contributed by atoms with Crippen molar-refractivity contribution in [2.24, 2.45) is 5.92 Å². The van der Waals surface area contributed by atoms with Crippen LogP contribution in [-0.4, -0.2) is 26.8 Å². The number of carbonyl (C=O) groups is 1. The van der Waals surface area contributed by atoms with E-state index in [1.807, 2.05) is 0 Å². The molecule has 1 atom stereocenters. The number of methoxy groups -OCH3 is 2. The molecular weight excluding hydrogens is 180 g/mol. The van der Waals surface area contributed by atoms with Gasteiger partial charge in [-0.25, -0.2) is 0 Å². The van der Waals surface area contributed by atoms with Gasteiger partial charge >= 0.3 is 5.97 Å². The minimum atomic E-state index is -0.105. The molecule has 0 unspecified atom stereocenters. The molecule has 0 bridgehead atoms. The van der Waals surface area contributed by atoms with Gasteiger partial charge in [-0.05, 0) is 25.2 Å². The van der Waals surface area contributed by atoms with E-state index >= 15 is 0 Å². The molecule has 0 aromatic heterocycles. The standard InChI is InChI=1S/C11H22O3/c1-4-10(8-9-13-2)6-5-7-11(12)14-3/h10H,4-9H2,1-3H3/t10-/m0/s1. The Kier molecular flexibility index (Phi) is 8.64. The Bertz CT molecular complexity index is 145. The van der Waals surface area contributed by atoms with Gasteiger partial charge in [0.1, 0.15) is 0 Å². The minimum absolute atomic E-state index is 0.105. The molecule has 0 amide bonds. The summed E-state index contributed by atoms with van der Waals surface area (Å²) in [4.78, 5) is 10.8. The van der Waals surface area contributed by atoms with E-state index in [0.29, 0.717) is 12.3 Å². The zero-order valence-corrected chi connectivity index (χ0v) is 9.54. The van der Waals surface area contributed by atoms with Gasteiger partial charge in [-0.15, -0.1) is 0 Å². The first-order chi connectivity index (χ1) is 6.74. The third kappa shape index (κ3) is 6.89. The highest BCUT2D eigenvalue weighted by Gasteiger charge is 2.07. The van der Waals surface area contributed by atoms with Crippen molar-refractivity contribution in [3.8, 4) is 0 Å². The van der Waals surface area contributed by atoms with Crippen molar-refractivity contribution >= 4 is 5.97 Å². The Hall–Kier alpha value is -0.570. The van der Waals surface area contributed by atoms with Gasteiger partial charge in [0.2, 0.25) is 0 Å². The molecule has 0 aliphatic rings. The van der Waals surface area contributed by atoms with E-state index in [9.17, 15) is 4.79 Å². The number of hydrogen-bond acceptors (Lipinski definition) is 3. The number of ether oxygens (including phenoxy) is 2. The lowest BCUT2D eigenvalue weighted by atomic mass is 9.96. The number of carbonyl (C=O) groups excluding carboxylic acids is 1. The molecule has 0 fully saturated rings. The van der Waals surface area contributed by atoms with E-state index < -0.39 is 0 Å². The summed E-state index contributed by atoms with van der Waals surface area (Å²) in [5.41, 5.74) is 0. The van der Waals surface area contributed by atoms with Crippen molar-refractivity contribution in [3.05, 3.63) is 0 Å². The second kappa shape index (κ2) is 9.00. The highest BCUT2D eigenvalue weighted by atomic mass is 16.5. The highest BCUT2D eigenvalue weighted by Crippen LogP contribution is 2.16. The first kappa shape index (κ1) is 13.4. The Morgan fingerprint density at radius 1 is 1.29 bits per heavy atom. The average molecular weight is 202 g/mol. The van der Waals surface area contributed by atoms with Gasteiger partial charge in [-0.3, -0.25) is 4.79 Å². The summed E-state index contributed by atoms with van der Waals surface area (Å²) in [6.07, 6.45) is 4.81. The molecule has 0 saturated carbocycles. The SMILES string of the molecule is CC[C@@H](CCCC(=O)OC)CCOC. The Morgan fingerprint density at radius 2 is 2.00 bits per heavy atom. The molecule has 0 saturated heterocycles. The molecule has 0 N–H and O–H groups in total. The fraction of sp³-hybridized carbons (Fsp3) is 0.909. The lowest BCUT2D eigenvalue weighted by Crippen LogP contribution is -2.05. The monoisotopic (exact) mass is 202 g/mol. The topological polar surface area (TPSA) is 35.5 Å². The summed E-state index contributed by atoms with van der Waals surface area (Å²) in [6, 6.07) is 0. The maximum atomic E-state index is 10.8. The Labute approximate surface area is 86.8 Å². The van der Waals surface area contributed by atoms with Crippen molar-refractivity contribution in [2.75, 3.05) is 20.8 Å². The summed E-state index contributed by atoms with van der Waals surface area (Å²) < 4.78 is 9.61. The number of hydrogen-bond donors (Lipinski definition) is 0. The van der Waals surface area contributed by atoms with Gasteiger partial charge in [0.15, 0.2) is 0 Å². The van der Waals surface area contributed by atoms with Crippen LogP contribution < -0.4 is 0 Å². The van der Waals surface area contributed by atoms with Gasteiger partial charge in [0, 0.05) is 20.1 Å². The third-order valence-electron chi connectivity index (χ3n) is 2.53. The molecule has 0 aliphatic heterocycles. The summed E-state index contributed by atoms with van der Waals surface area (Å²) in [5.74, 6) is 0.575. The maximum Gasteiger partial charge on any atom is 0.305 e. The van der Waals surface area contributed by atoms with Crippen LogP contribution in [0, 0.1) is 5.92 Å². The van der Waals surface area contributed by atoms with Gasteiger partial charge in [0.05, 0.1) is 7.11 Å². The zero-order chi connectivity index (χ0) is 10.8. The molecule has 0 aromatic carbocycles. The first-order valence-electron chi connectivity index (χ1n) is 5.30. The number of esters is 1. The Balaban J connectivity index is 3.46. The molecule has 3 nitrogen and oxygen atoms in total. The lowest BCUT2D eigenvalue weighted by Gasteiger charge is -2.13. The summed E-state index contributed by atoms with van der Waals surface area (Å²) >= 11 is 0.